The van der Waals surface area contributed by atoms with E-state index in [-0.39, 0.29) is 11.7 Å². The van der Waals surface area contributed by atoms with Gasteiger partial charge in [-0.1, -0.05) is 6.07 Å². The molecule has 3 N–H and O–H groups in total. The lowest BCUT2D eigenvalue weighted by Crippen LogP contribution is -2.40. The number of nitrogens with two attached hydrogens (primary N) is 1. The molecular weight excluding hydrogens is 354 g/mol. The number of carbonyl (C=O) groups is 2. The quantitative estimate of drug-likeness (QED) is 0.557. The van der Waals surface area contributed by atoms with E-state index in [1.54, 1.807) is 19.0 Å². The van der Waals surface area contributed by atoms with Gasteiger partial charge in [0.25, 0.3) is 0 Å². The van der Waals surface area contributed by atoms with Crippen LogP contribution in [0.15, 0.2) is 12.1 Å². The van der Waals surface area contributed by atoms with Gasteiger partial charge in [-0.2, -0.15) is 0 Å². The molecule has 0 saturated heterocycles. The molecule has 2 rings (SSSR count). The number of hydrogen-bond donors (Lipinski definition) is 2. The molecular formula is C21H35N5O2. The normalized spacial score (nSPS) is 14.3. The minimum atomic E-state index is -0.454. The Morgan fingerprint density at radius 2 is 2.04 bits per heavy atom. The second-order valence-corrected chi connectivity index (χ2v) is 7.87. The maximum absolute atomic E-state index is 12.1. The molecule has 156 valence electrons. The van der Waals surface area contributed by atoms with E-state index in [2.05, 4.69) is 22.3 Å². The van der Waals surface area contributed by atoms with Crippen molar-refractivity contribution in [2.45, 2.75) is 51.5 Å². The summed E-state index contributed by atoms with van der Waals surface area (Å²) in [5.41, 5.74) is 8.28. The van der Waals surface area contributed by atoms with Crippen LogP contribution < -0.4 is 11.1 Å². The van der Waals surface area contributed by atoms with Crippen LogP contribution in [0.4, 0.5) is 5.82 Å². The molecule has 7 nitrogen and oxygen atoms in total. The third-order valence-electron chi connectivity index (χ3n) is 5.25. The molecule has 0 aliphatic carbocycles. The number of ketones is 1. The Labute approximate surface area is 168 Å². The van der Waals surface area contributed by atoms with E-state index >= 15 is 0 Å². The molecule has 7 heteroatoms. The number of anilines is 1. The van der Waals surface area contributed by atoms with Gasteiger partial charge in [-0.25, -0.2) is 4.98 Å². The number of aryl methyl sites for hydroxylation is 2. The van der Waals surface area contributed by atoms with Crippen LogP contribution in [0.3, 0.4) is 0 Å². The van der Waals surface area contributed by atoms with Crippen molar-refractivity contribution in [1.82, 2.24) is 14.8 Å². The lowest BCUT2D eigenvalue weighted by Gasteiger charge is -2.24. The van der Waals surface area contributed by atoms with E-state index in [4.69, 9.17) is 10.7 Å². The number of aromatic nitrogens is 1. The summed E-state index contributed by atoms with van der Waals surface area (Å²) in [5, 5.41) is 3.38. The molecule has 1 aromatic rings. The zero-order chi connectivity index (χ0) is 20.5. The van der Waals surface area contributed by atoms with Gasteiger partial charge >= 0.3 is 0 Å². The lowest BCUT2D eigenvalue weighted by atomic mass is 10.1. The summed E-state index contributed by atoms with van der Waals surface area (Å²) in [7, 11) is 3.52. The van der Waals surface area contributed by atoms with Crippen LogP contribution in [0.25, 0.3) is 0 Å². The molecule has 28 heavy (non-hydrogen) atoms. The van der Waals surface area contributed by atoms with Crippen molar-refractivity contribution in [1.29, 1.82) is 0 Å². The van der Waals surface area contributed by atoms with Gasteiger partial charge in [0.2, 0.25) is 5.91 Å². The highest BCUT2D eigenvalue weighted by atomic mass is 16.2. The Morgan fingerprint density at radius 1 is 1.25 bits per heavy atom. The van der Waals surface area contributed by atoms with Gasteiger partial charge in [0.1, 0.15) is 11.6 Å². The van der Waals surface area contributed by atoms with Crippen molar-refractivity contribution in [3.8, 4) is 0 Å². The number of rotatable bonds is 11. The van der Waals surface area contributed by atoms with Gasteiger partial charge in [-0.15, -0.1) is 0 Å². The minimum Gasteiger partial charge on any atom is -0.370 e. The molecule has 0 bridgehead atoms. The van der Waals surface area contributed by atoms with Gasteiger partial charge in [0, 0.05) is 32.9 Å². The molecule has 1 aliphatic rings. The van der Waals surface area contributed by atoms with E-state index in [1.165, 1.54) is 18.9 Å². The zero-order valence-electron chi connectivity index (χ0n) is 17.5. The zero-order valence-corrected chi connectivity index (χ0v) is 17.5. The van der Waals surface area contributed by atoms with E-state index < -0.39 is 6.04 Å². The highest BCUT2D eigenvalue weighted by Crippen LogP contribution is 2.20. The molecule has 1 aliphatic heterocycles. The van der Waals surface area contributed by atoms with Crippen molar-refractivity contribution in [2.75, 3.05) is 45.6 Å². The number of likely N-dealkylation sites (N-methyl/N-ethyl adjacent to an activating group) is 1. The first kappa shape index (κ1) is 22.3. The summed E-state index contributed by atoms with van der Waals surface area (Å²) in [6.45, 7) is 4.34. The highest BCUT2D eigenvalue weighted by molar-refractivity contribution is 5.81. The standard InChI is InChI=1S/C21H35N5O2/c1-16(27)19(22)11-14-26(15-20(28)25(2)3)13-5-4-8-18-10-9-17-7-6-12-23-21(17)24-18/h9-10,19H,4-8,11-15,22H2,1-3H3,(H,23,24)/t19-/m0/s1. The second kappa shape index (κ2) is 11.1. The van der Waals surface area contributed by atoms with Crippen molar-refractivity contribution < 1.29 is 9.59 Å². The molecule has 1 amide bonds. The Kier molecular flexibility index (Phi) is 8.86. The fourth-order valence-electron chi connectivity index (χ4n) is 3.28. The predicted molar refractivity (Wildman–Crippen MR) is 112 cm³/mol. The van der Waals surface area contributed by atoms with Crippen LogP contribution in [0, 0.1) is 0 Å². The Balaban J connectivity index is 1.80. The topological polar surface area (TPSA) is 91.6 Å². The monoisotopic (exact) mass is 389 g/mol. The van der Waals surface area contributed by atoms with Gasteiger partial charge in [0.05, 0.1) is 12.6 Å². The Hall–Kier alpha value is -1.99. The van der Waals surface area contributed by atoms with Gasteiger partial charge in [-0.3, -0.25) is 14.5 Å². The largest absolute Gasteiger partial charge is 0.370 e. The number of carbonyl (C=O) groups excluding carboxylic acids is 2. The Bertz CT molecular complexity index is 662. The summed E-state index contributed by atoms with van der Waals surface area (Å²) < 4.78 is 0. The van der Waals surface area contributed by atoms with Crippen LogP contribution in [-0.4, -0.2) is 72.8 Å². The van der Waals surface area contributed by atoms with Crippen LogP contribution in [0.1, 0.15) is 43.9 Å². The van der Waals surface area contributed by atoms with Crippen molar-refractivity contribution in [2.24, 2.45) is 5.73 Å². The lowest BCUT2D eigenvalue weighted by molar-refractivity contribution is -0.129. The minimum absolute atomic E-state index is 0.00835. The predicted octanol–water partition coefficient (Wildman–Crippen LogP) is 1.46. The van der Waals surface area contributed by atoms with E-state index in [1.807, 2.05) is 0 Å². The first-order valence-corrected chi connectivity index (χ1v) is 10.3. The molecule has 0 spiro atoms. The number of Topliss-reactive ketones (excluding diaryl/α,β-unsaturated/α-hetero) is 1. The number of nitrogens with one attached hydrogen (secondary N) is 1. The molecule has 1 aromatic heterocycles. The fraction of sp³-hybridized carbons (Fsp3) is 0.667. The van der Waals surface area contributed by atoms with E-state index in [0.29, 0.717) is 19.5 Å². The fourth-order valence-corrected chi connectivity index (χ4v) is 3.28. The molecule has 0 unspecified atom stereocenters. The second-order valence-electron chi connectivity index (χ2n) is 7.87. The SMILES string of the molecule is CC(=O)[C@@H](N)CCN(CCCCc1ccc2c(n1)NCCC2)CC(=O)N(C)C. The van der Waals surface area contributed by atoms with Crippen molar-refractivity contribution in [3.63, 3.8) is 0 Å². The van der Waals surface area contributed by atoms with E-state index in [0.717, 1.165) is 50.3 Å². The Morgan fingerprint density at radius 3 is 2.75 bits per heavy atom. The molecule has 0 saturated carbocycles. The van der Waals surface area contributed by atoms with Crippen LogP contribution >= 0.6 is 0 Å². The van der Waals surface area contributed by atoms with E-state index in [9.17, 15) is 9.59 Å². The average molecular weight is 390 g/mol. The molecule has 1 atom stereocenters. The summed E-state index contributed by atoms with van der Waals surface area (Å²) >= 11 is 0. The number of hydrogen-bond acceptors (Lipinski definition) is 6. The third-order valence-corrected chi connectivity index (χ3v) is 5.25. The number of nitrogens with zero attached hydrogens (tertiary/aromatic N) is 3. The molecule has 0 radical (unpaired) electrons. The van der Waals surface area contributed by atoms with Crippen LogP contribution in [-0.2, 0) is 22.4 Å². The number of pyridine rings is 1. The first-order chi connectivity index (χ1) is 13.4. The van der Waals surface area contributed by atoms with Gasteiger partial charge in [0.15, 0.2) is 0 Å². The summed E-state index contributed by atoms with van der Waals surface area (Å²) in [4.78, 5) is 31.9. The summed E-state index contributed by atoms with van der Waals surface area (Å²) in [6.07, 6.45) is 5.76. The number of unbranched alkanes of at least 4 members (excludes halogenated alkanes) is 1. The smallest absolute Gasteiger partial charge is 0.236 e. The molecule has 0 fully saturated rings. The van der Waals surface area contributed by atoms with Crippen LogP contribution in [0.5, 0.6) is 0 Å². The average Bonchev–Trinajstić information content (AvgIpc) is 2.68. The van der Waals surface area contributed by atoms with Crippen molar-refractivity contribution in [3.05, 3.63) is 23.4 Å². The summed E-state index contributed by atoms with van der Waals surface area (Å²) in [6, 6.07) is 3.87. The summed E-state index contributed by atoms with van der Waals surface area (Å²) in [5.74, 6) is 1.10. The van der Waals surface area contributed by atoms with Gasteiger partial charge in [-0.05, 0) is 63.6 Å². The third kappa shape index (κ3) is 7.20. The van der Waals surface area contributed by atoms with Crippen molar-refractivity contribution >= 4 is 17.5 Å². The molecule has 2 heterocycles. The van der Waals surface area contributed by atoms with Gasteiger partial charge < -0.3 is 16.0 Å². The highest BCUT2D eigenvalue weighted by Gasteiger charge is 2.16. The number of amides is 1. The van der Waals surface area contributed by atoms with Crippen LogP contribution in [0.2, 0.25) is 0 Å². The maximum atomic E-state index is 12.1. The first-order valence-electron chi connectivity index (χ1n) is 10.3. The number of fused-ring (bicyclic) bond motifs is 1. The maximum Gasteiger partial charge on any atom is 0.236 e. The molecule has 0 aromatic carbocycles.